The van der Waals surface area contributed by atoms with Crippen LogP contribution in [0.5, 0.6) is 0 Å². The van der Waals surface area contributed by atoms with E-state index in [1.807, 2.05) is 0 Å². The molecule has 1 heterocycles. The van der Waals surface area contributed by atoms with Crippen LogP contribution in [-0.4, -0.2) is 32.2 Å². The van der Waals surface area contributed by atoms with Gasteiger partial charge in [-0.15, -0.1) is 0 Å². The molecule has 0 fully saturated rings. The summed E-state index contributed by atoms with van der Waals surface area (Å²) in [5, 5.41) is 27.6. The smallest absolute Gasteiger partial charge is 0.122 e. The Morgan fingerprint density at radius 3 is 2.50 bits per heavy atom. The van der Waals surface area contributed by atoms with Gasteiger partial charge in [0.25, 0.3) is 0 Å². The topological polar surface area (TPSA) is 73.6 Å². The average Bonchev–Trinajstić information content (AvgIpc) is 2.27. The Morgan fingerprint density at radius 2 is 2.07 bits per heavy atom. The van der Waals surface area contributed by atoms with E-state index in [1.165, 1.54) is 6.20 Å². The highest BCUT2D eigenvalue weighted by Gasteiger charge is 2.17. The second-order valence-corrected chi connectivity index (χ2v) is 3.31. The van der Waals surface area contributed by atoms with Crippen LogP contribution in [0, 0.1) is 0 Å². The van der Waals surface area contributed by atoms with E-state index in [1.54, 1.807) is 12.1 Å². The van der Waals surface area contributed by atoms with Gasteiger partial charge in [-0.05, 0) is 11.6 Å². The van der Waals surface area contributed by atoms with Gasteiger partial charge in [-0.1, -0.05) is 6.07 Å². The fourth-order valence-corrected chi connectivity index (χ4v) is 1.20. The first-order valence-corrected chi connectivity index (χ1v) is 4.85. The minimum atomic E-state index is -1.03. The van der Waals surface area contributed by atoms with Crippen molar-refractivity contribution in [2.75, 3.05) is 5.75 Å². The zero-order chi connectivity index (χ0) is 10.6. The van der Waals surface area contributed by atoms with E-state index in [0.717, 1.165) is 0 Å². The first kappa shape index (κ1) is 11.5. The van der Waals surface area contributed by atoms with Gasteiger partial charge in [0.15, 0.2) is 0 Å². The van der Waals surface area contributed by atoms with Crippen molar-refractivity contribution in [1.82, 2.24) is 4.98 Å². The van der Waals surface area contributed by atoms with E-state index >= 15 is 0 Å². The molecule has 0 aliphatic rings. The maximum absolute atomic E-state index is 9.53. The molecule has 0 aliphatic carbocycles. The lowest BCUT2D eigenvalue weighted by atomic mass is 10.1. The SMILES string of the molecule is OCc1ccc(C(O)C(O)CS)nc1. The highest BCUT2D eigenvalue weighted by atomic mass is 32.1. The third kappa shape index (κ3) is 2.68. The highest BCUT2D eigenvalue weighted by molar-refractivity contribution is 7.80. The number of hydrogen-bond acceptors (Lipinski definition) is 5. The fourth-order valence-electron chi connectivity index (χ4n) is 1.00. The van der Waals surface area contributed by atoms with E-state index in [4.69, 9.17) is 5.11 Å². The number of aliphatic hydroxyl groups is 3. The number of pyridine rings is 1. The summed E-state index contributed by atoms with van der Waals surface area (Å²) in [4.78, 5) is 3.91. The van der Waals surface area contributed by atoms with E-state index in [2.05, 4.69) is 17.6 Å². The van der Waals surface area contributed by atoms with Crippen molar-refractivity contribution in [2.24, 2.45) is 0 Å². The third-order valence-corrected chi connectivity index (χ3v) is 2.26. The Balaban J connectivity index is 2.75. The Kier molecular flexibility index (Phi) is 4.34. The summed E-state index contributed by atoms with van der Waals surface area (Å²) < 4.78 is 0. The monoisotopic (exact) mass is 215 g/mol. The van der Waals surface area contributed by atoms with Crippen LogP contribution in [0.25, 0.3) is 0 Å². The fraction of sp³-hybridized carbons (Fsp3) is 0.444. The largest absolute Gasteiger partial charge is 0.392 e. The van der Waals surface area contributed by atoms with Gasteiger partial charge in [-0.2, -0.15) is 12.6 Å². The zero-order valence-electron chi connectivity index (χ0n) is 7.54. The van der Waals surface area contributed by atoms with Gasteiger partial charge in [-0.3, -0.25) is 4.98 Å². The predicted molar refractivity (Wildman–Crippen MR) is 55.0 cm³/mol. The van der Waals surface area contributed by atoms with Gasteiger partial charge in [0, 0.05) is 11.9 Å². The normalized spacial score (nSPS) is 15.1. The van der Waals surface area contributed by atoms with Crippen molar-refractivity contribution < 1.29 is 15.3 Å². The minimum Gasteiger partial charge on any atom is -0.392 e. The summed E-state index contributed by atoms with van der Waals surface area (Å²) in [5.41, 5.74) is 1.05. The number of thiol groups is 1. The Bertz CT molecular complexity index is 278. The molecule has 78 valence electrons. The molecule has 2 unspecified atom stereocenters. The molecule has 1 rings (SSSR count). The molecule has 5 heteroatoms. The molecular weight excluding hydrogens is 202 g/mol. The molecule has 0 spiro atoms. The minimum absolute atomic E-state index is 0.0848. The molecule has 0 amide bonds. The summed E-state index contributed by atoms with van der Waals surface area (Å²) in [6.07, 6.45) is -0.491. The Morgan fingerprint density at radius 1 is 1.36 bits per heavy atom. The van der Waals surface area contributed by atoms with Crippen LogP contribution in [0.15, 0.2) is 18.3 Å². The van der Waals surface area contributed by atoms with Crippen molar-refractivity contribution in [3.05, 3.63) is 29.6 Å². The van der Waals surface area contributed by atoms with Crippen molar-refractivity contribution in [3.63, 3.8) is 0 Å². The first-order chi connectivity index (χ1) is 6.69. The lowest BCUT2D eigenvalue weighted by Crippen LogP contribution is -2.20. The Hall–Kier alpha value is -0.620. The van der Waals surface area contributed by atoms with Crippen molar-refractivity contribution in [1.29, 1.82) is 0 Å². The second kappa shape index (κ2) is 5.31. The highest BCUT2D eigenvalue weighted by Crippen LogP contribution is 2.15. The molecule has 4 nitrogen and oxygen atoms in total. The summed E-state index contributed by atoms with van der Waals surface area (Å²) >= 11 is 3.87. The van der Waals surface area contributed by atoms with E-state index in [-0.39, 0.29) is 12.4 Å². The zero-order valence-corrected chi connectivity index (χ0v) is 8.43. The maximum atomic E-state index is 9.53. The van der Waals surface area contributed by atoms with Crippen molar-refractivity contribution >= 4 is 12.6 Å². The summed E-state index contributed by atoms with van der Waals surface area (Å²) in [7, 11) is 0. The van der Waals surface area contributed by atoms with Gasteiger partial charge >= 0.3 is 0 Å². The van der Waals surface area contributed by atoms with Crippen LogP contribution >= 0.6 is 12.6 Å². The number of rotatable bonds is 4. The van der Waals surface area contributed by atoms with E-state index in [9.17, 15) is 10.2 Å². The molecule has 0 radical (unpaired) electrons. The molecule has 3 N–H and O–H groups in total. The van der Waals surface area contributed by atoms with E-state index < -0.39 is 12.2 Å². The molecule has 14 heavy (non-hydrogen) atoms. The van der Waals surface area contributed by atoms with Gasteiger partial charge < -0.3 is 15.3 Å². The maximum Gasteiger partial charge on any atom is 0.122 e. The van der Waals surface area contributed by atoms with Gasteiger partial charge in [-0.25, -0.2) is 0 Å². The van der Waals surface area contributed by atoms with Gasteiger partial charge in [0.05, 0.1) is 18.4 Å². The Labute approximate surface area is 87.6 Å². The molecule has 0 saturated carbocycles. The van der Waals surface area contributed by atoms with E-state index in [0.29, 0.717) is 11.3 Å². The van der Waals surface area contributed by atoms with Gasteiger partial charge in [0.1, 0.15) is 6.10 Å². The molecule has 2 atom stereocenters. The molecule has 1 aromatic heterocycles. The predicted octanol–water partition coefficient (Wildman–Crippen LogP) is -0.102. The van der Waals surface area contributed by atoms with Crippen molar-refractivity contribution in [3.8, 4) is 0 Å². The molecule has 0 bridgehead atoms. The first-order valence-electron chi connectivity index (χ1n) is 4.21. The third-order valence-electron chi connectivity index (χ3n) is 1.88. The number of nitrogens with zero attached hydrogens (tertiary/aromatic N) is 1. The number of hydrogen-bond donors (Lipinski definition) is 4. The lowest BCUT2D eigenvalue weighted by Gasteiger charge is -2.14. The molecular formula is C9H13NO3S. The van der Waals surface area contributed by atoms with Crippen molar-refractivity contribution in [2.45, 2.75) is 18.8 Å². The molecule has 0 saturated heterocycles. The summed E-state index contributed by atoms with van der Waals surface area (Å²) in [6.45, 7) is -0.0848. The summed E-state index contributed by atoms with van der Waals surface area (Å²) in [5.74, 6) is 0.171. The van der Waals surface area contributed by atoms with Crippen LogP contribution in [0.1, 0.15) is 17.4 Å². The number of aliphatic hydroxyl groups excluding tert-OH is 3. The standard InChI is InChI=1S/C9H13NO3S/c11-4-6-1-2-7(10-3-6)9(13)8(12)5-14/h1-3,8-9,11-14H,4-5H2. The average molecular weight is 215 g/mol. The molecule has 0 aromatic carbocycles. The van der Waals surface area contributed by atoms with Crippen LogP contribution in [0.3, 0.4) is 0 Å². The van der Waals surface area contributed by atoms with Gasteiger partial charge in [0.2, 0.25) is 0 Å². The van der Waals surface area contributed by atoms with Crippen LogP contribution in [0.2, 0.25) is 0 Å². The molecule has 0 aliphatic heterocycles. The summed E-state index contributed by atoms with van der Waals surface area (Å²) in [6, 6.07) is 3.22. The quantitative estimate of drug-likeness (QED) is 0.529. The van der Waals surface area contributed by atoms with Crippen LogP contribution in [0.4, 0.5) is 0 Å². The number of aromatic nitrogens is 1. The lowest BCUT2D eigenvalue weighted by molar-refractivity contribution is 0.0310. The molecule has 1 aromatic rings. The van der Waals surface area contributed by atoms with Crippen LogP contribution < -0.4 is 0 Å². The second-order valence-electron chi connectivity index (χ2n) is 2.94. The van der Waals surface area contributed by atoms with Crippen LogP contribution in [-0.2, 0) is 6.61 Å².